The van der Waals surface area contributed by atoms with Crippen LogP contribution < -0.4 is 5.32 Å². The molecular formula is C29H27N5O2S. The van der Waals surface area contributed by atoms with Crippen molar-refractivity contribution in [3.05, 3.63) is 99.9 Å². The second-order valence-electron chi connectivity index (χ2n) is 9.65. The third-order valence-corrected chi connectivity index (χ3v) is 7.55. The van der Waals surface area contributed by atoms with Crippen LogP contribution in [-0.2, 0) is 30.5 Å². The number of rotatable bonds is 8. The van der Waals surface area contributed by atoms with Crippen LogP contribution in [0.15, 0.2) is 71.9 Å². The van der Waals surface area contributed by atoms with Crippen molar-refractivity contribution >= 4 is 28.1 Å². The van der Waals surface area contributed by atoms with Crippen LogP contribution in [0.4, 0.5) is 0 Å². The van der Waals surface area contributed by atoms with Gasteiger partial charge in [0.1, 0.15) is 0 Å². The van der Waals surface area contributed by atoms with Crippen LogP contribution in [0, 0.1) is 6.92 Å². The number of fused-ring (bicyclic) bond motifs is 1. The Morgan fingerprint density at radius 2 is 2.03 bits per heavy atom. The molecule has 0 atom stereocenters. The lowest BCUT2D eigenvalue weighted by Gasteiger charge is -2.22. The molecule has 1 aliphatic rings. The average Bonchev–Trinajstić information content (AvgIpc) is 3.25. The first-order chi connectivity index (χ1) is 18.0. The van der Waals surface area contributed by atoms with Crippen LogP contribution in [0.5, 0.6) is 0 Å². The smallest absolute Gasteiger partial charge is 0.252 e. The molecule has 2 aromatic carbocycles. The Bertz CT molecular complexity index is 1590. The maximum atomic E-state index is 13.5. The number of aromatic nitrogens is 4. The highest BCUT2D eigenvalue weighted by atomic mass is 32.1. The maximum Gasteiger partial charge on any atom is 0.252 e. The fourth-order valence-electron chi connectivity index (χ4n) is 4.84. The van der Waals surface area contributed by atoms with E-state index in [1.54, 1.807) is 21.5 Å². The van der Waals surface area contributed by atoms with Crippen molar-refractivity contribution in [3.63, 3.8) is 0 Å². The van der Waals surface area contributed by atoms with Crippen molar-refractivity contribution in [3.8, 4) is 11.1 Å². The molecule has 0 aliphatic heterocycles. The number of amides is 1. The molecule has 3 heterocycles. The summed E-state index contributed by atoms with van der Waals surface area (Å²) in [6.45, 7) is 2.93. The van der Waals surface area contributed by atoms with Gasteiger partial charge in [-0.25, -0.2) is 4.98 Å². The lowest BCUT2D eigenvalue weighted by molar-refractivity contribution is 0.0929. The summed E-state index contributed by atoms with van der Waals surface area (Å²) in [6.07, 6.45) is 7.44. The fourth-order valence-corrected chi connectivity index (χ4v) is 5.38. The van der Waals surface area contributed by atoms with Gasteiger partial charge in [0.2, 0.25) is 0 Å². The number of aryl methyl sites for hydroxylation is 2. The van der Waals surface area contributed by atoms with Crippen molar-refractivity contribution in [2.45, 2.75) is 38.5 Å². The summed E-state index contributed by atoms with van der Waals surface area (Å²) in [5.41, 5.74) is 9.08. The van der Waals surface area contributed by atoms with Gasteiger partial charge in [0.25, 0.3) is 5.91 Å². The highest BCUT2D eigenvalue weighted by Crippen LogP contribution is 2.49. The number of nitrogens with zero attached hydrogens (tertiary/aromatic N) is 4. The summed E-state index contributed by atoms with van der Waals surface area (Å²) in [6, 6.07) is 14.2. The van der Waals surface area contributed by atoms with E-state index in [9.17, 15) is 4.79 Å². The summed E-state index contributed by atoms with van der Waals surface area (Å²) in [5, 5.41) is 10.8. The van der Waals surface area contributed by atoms with Crippen LogP contribution in [0.2, 0.25) is 0 Å². The van der Waals surface area contributed by atoms with E-state index < -0.39 is 5.54 Å². The molecule has 37 heavy (non-hydrogen) atoms. The van der Waals surface area contributed by atoms with Gasteiger partial charge < -0.3 is 10.1 Å². The number of pyridine rings is 1. The summed E-state index contributed by atoms with van der Waals surface area (Å²) in [5.74, 6) is -0.0613. The third kappa shape index (κ3) is 4.77. The number of nitrogens with one attached hydrogen (secondary N) is 1. The topological polar surface area (TPSA) is 81.9 Å². The molecule has 0 bridgehead atoms. The van der Waals surface area contributed by atoms with Crippen LogP contribution >= 0.6 is 11.3 Å². The zero-order valence-electron chi connectivity index (χ0n) is 20.8. The first kappa shape index (κ1) is 23.5. The van der Waals surface area contributed by atoms with Crippen LogP contribution in [0.1, 0.15) is 45.6 Å². The Hall–Kier alpha value is -3.88. The Labute approximate surface area is 219 Å². The molecule has 3 aromatic heterocycles. The van der Waals surface area contributed by atoms with E-state index in [2.05, 4.69) is 38.6 Å². The summed E-state index contributed by atoms with van der Waals surface area (Å²) in [4.78, 5) is 22.4. The zero-order valence-corrected chi connectivity index (χ0v) is 21.6. The van der Waals surface area contributed by atoms with E-state index in [1.807, 2.05) is 62.2 Å². The second-order valence-corrected chi connectivity index (χ2v) is 10.4. The molecule has 1 N–H and O–H groups in total. The Morgan fingerprint density at radius 1 is 1.14 bits per heavy atom. The molecule has 1 amide bonds. The second kappa shape index (κ2) is 9.53. The lowest BCUT2D eigenvalue weighted by atomic mass is 9.94. The Morgan fingerprint density at radius 3 is 2.76 bits per heavy atom. The molecule has 6 rings (SSSR count). The fraction of sp³-hybridized carbons (Fsp3) is 0.241. The molecule has 186 valence electrons. The van der Waals surface area contributed by atoms with E-state index in [4.69, 9.17) is 4.74 Å². The van der Waals surface area contributed by atoms with Gasteiger partial charge >= 0.3 is 0 Å². The predicted molar refractivity (Wildman–Crippen MR) is 144 cm³/mol. The standard InChI is InChI=1S/C29H27N5O2S/c1-19-10-20(15-36-16-23-17-37-18-31-23)5-6-24(19)28(35)33-29(7-8-29)26-11-21(22-13-32-34(2)14-22)12-27-25(26)4-3-9-30-27/h3-6,9-14,17-18H,7-8,15-16H2,1-2H3,(H,33,35). The zero-order chi connectivity index (χ0) is 25.4. The number of ether oxygens (including phenoxy) is 1. The van der Waals surface area contributed by atoms with E-state index in [0.717, 1.165) is 57.3 Å². The van der Waals surface area contributed by atoms with Crippen LogP contribution in [0.3, 0.4) is 0 Å². The normalized spacial score (nSPS) is 14.1. The molecule has 1 aliphatic carbocycles. The van der Waals surface area contributed by atoms with Gasteiger partial charge in [-0.15, -0.1) is 11.3 Å². The van der Waals surface area contributed by atoms with Gasteiger partial charge in [0, 0.05) is 41.3 Å². The molecule has 0 radical (unpaired) electrons. The number of hydrogen-bond donors (Lipinski definition) is 1. The van der Waals surface area contributed by atoms with Gasteiger partial charge in [0.15, 0.2) is 0 Å². The van der Waals surface area contributed by atoms with Gasteiger partial charge in [-0.05, 0) is 66.3 Å². The number of carbonyl (C=O) groups excluding carboxylic acids is 1. The number of thiazole rings is 1. The van der Waals surface area contributed by atoms with Gasteiger partial charge in [0.05, 0.1) is 41.7 Å². The minimum atomic E-state index is -0.404. The van der Waals surface area contributed by atoms with Gasteiger partial charge in [-0.2, -0.15) is 5.10 Å². The van der Waals surface area contributed by atoms with Crippen molar-refractivity contribution < 1.29 is 9.53 Å². The van der Waals surface area contributed by atoms with Crippen LogP contribution in [-0.4, -0.2) is 25.7 Å². The first-order valence-electron chi connectivity index (χ1n) is 12.3. The Balaban J connectivity index is 1.24. The molecule has 1 fully saturated rings. The van der Waals surface area contributed by atoms with Gasteiger partial charge in [-0.1, -0.05) is 18.2 Å². The monoisotopic (exact) mass is 509 g/mol. The van der Waals surface area contributed by atoms with E-state index in [1.165, 1.54) is 0 Å². The van der Waals surface area contributed by atoms with Crippen molar-refractivity contribution in [1.29, 1.82) is 0 Å². The predicted octanol–water partition coefficient (Wildman–Crippen LogP) is 5.54. The van der Waals surface area contributed by atoms with Crippen molar-refractivity contribution in [2.24, 2.45) is 7.05 Å². The minimum absolute atomic E-state index is 0.0613. The molecule has 5 aromatic rings. The first-order valence-corrected chi connectivity index (χ1v) is 13.2. The number of hydrogen-bond acceptors (Lipinski definition) is 6. The molecular weight excluding hydrogens is 482 g/mol. The van der Waals surface area contributed by atoms with Crippen molar-refractivity contribution in [1.82, 2.24) is 25.1 Å². The maximum absolute atomic E-state index is 13.5. The number of carbonyl (C=O) groups is 1. The van der Waals surface area contributed by atoms with E-state index in [0.29, 0.717) is 18.8 Å². The summed E-state index contributed by atoms with van der Waals surface area (Å²) in [7, 11) is 1.91. The molecule has 0 saturated heterocycles. The Kier molecular flexibility index (Phi) is 6.06. The van der Waals surface area contributed by atoms with E-state index in [-0.39, 0.29) is 5.91 Å². The highest BCUT2D eigenvalue weighted by Gasteiger charge is 2.47. The van der Waals surface area contributed by atoms with E-state index >= 15 is 0 Å². The third-order valence-electron chi connectivity index (χ3n) is 6.91. The quantitative estimate of drug-likeness (QED) is 0.297. The van der Waals surface area contributed by atoms with Gasteiger partial charge in [-0.3, -0.25) is 14.5 Å². The van der Waals surface area contributed by atoms with Crippen molar-refractivity contribution in [2.75, 3.05) is 0 Å². The highest BCUT2D eigenvalue weighted by molar-refractivity contribution is 7.07. The summed E-state index contributed by atoms with van der Waals surface area (Å²) >= 11 is 1.56. The molecule has 0 spiro atoms. The number of benzene rings is 2. The molecule has 8 heteroatoms. The SMILES string of the molecule is Cc1cc(COCc2cscn2)ccc1C(=O)NC1(c2cc(-c3cnn(C)c3)cc3ncccc23)CC1. The molecule has 0 unspecified atom stereocenters. The molecule has 1 saturated carbocycles. The van der Waals surface area contributed by atoms with Crippen LogP contribution in [0.25, 0.3) is 22.0 Å². The largest absolute Gasteiger partial charge is 0.370 e. The molecule has 7 nitrogen and oxygen atoms in total. The lowest BCUT2D eigenvalue weighted by Crippen LogP contribution is -2.35. The summed E-state index contributed by atoms with van der Waals surface area (Å²) < 4.78 is 7.58. The average molecular weight is 510 g/mol. The minimum Gasteiger partial charge on any atom is -0.370 e.